The average Bonchev–Trinajstić information content (AvgIpc) is 3.29. The molecular weight excluding hydrogens is 428 g/mol. The van der Waals surface area contributed by atoms with Crippen LogP contribution in [-0.4, -0.2) is 54.6 Å². The van der Waals surface area contributed by atoms with Gasteiger partial charge in [0.25, 0.3) is 0 Å². The van der Waals surface area contributed by atoms with Gasteiger partial charge in [-0.05, 0) is 54.8 Å². The molecule has 0 saturated carbocycles. The summed E-state index contributed by atoms with van der Waals surface area (Å²) in [5.41, 5.74) is 0.769. The highest BCUT2D eigenvalue weighted by Gasteiger charge is 2.27. The third-order valence-electron chi connectivity index (χ3n) is 4.78. The Kier molecular flexibility index (Phi) is 7.48. The molecule has 8 nitrogen and oxygen atoms in total. The van der Waals surface area contributed by atoms with Crippen molar-refractivity contribution in [2.45, 2.75) is 29.2 Å². The quantitative estimate of drug-likeness (QED) is 0.551. The molecule has 30 heavy (non-hydrogen) atoms. The van der Waals surface area contributed by atoms with Gasteiger partial charge in [-0.2, -0.15) is 4.31 Å². The first-order valence-corrected chi connectivity index (χ1v) is 12.6. The SMILES string of the molecule is COCCOc1ccc(CNS(=O)(=O)c2ccc(S(=O)(=O)N3CCCC3)cc2)cc1. The fourth-order valence-electron chi connectivity index (χ4n) is 3.08. The normalized spacial score (nSPS) is 15.4. The van der Waals surface area contributed by atoms with Crippen LogP contribution in [0.4, 0.5) is 0 Å². The van der Waals surface area contributed by atoms with Gasteiger partial charge in [-0.25, -0.2) is 21.6 Å². The Morgan fingerprint density at radius 1 is 0.867 bits per heavy atom. The van der Waals surface area contributed by atoms with E-state index in [4.69, 9.17) is 9.47 Å². The van der Waals surface area contributed by atoms with Crippen LogP contribution in [-0.2, 0) is 31.3 Å². The lowest BCUT2D eigenvalue weighted by Crippen LogP contribution is -2.28. The zero-order valence-electron chi connectivity index (χ0n) is 16.8. The van der Waals surface area contributed by atoms with E-state index in [0.29, 0.717) is 32.1 Å². The first kappa shape index (κ1) is 22.7. The Labute approximate surface area is 177 Å². The van der Waals surface area contributed by atoms with Gasteiger partial charge in [-0.1, -0.05) is 12.1 Å². The number of ether oxygens (including phenoxy) is 2. The first-order chi connectivity index (χ1) is 14.3. The van der Waals surface area contributed by atoms with Gasteiger partial charge in [0.05, 0.1) is 16.4 Å². The monoisotopic (exact) mass is 454 g/mol. The van der Waals surface area contributed by atoms with Crippen LogP contribution >= 0.6 is 0 Å². The second kappa shape index (κ2) is 9.88. The second-order valence-electron chi connectivity index (χ2n) is 6.89. The van der Waals surface area contributed by atoms with E-state index >= 15 is 0 Å². The molecule has 3 rings (SSSR count). The predicted molar refractivity (Wildman–Crippen MR) is 112 cm³/mol. The molecule has 0 aromatic heterocycles. The second-order valence-corrected chi connectivity index (χ2v) is 10.6. The number of nitrogens with zero attached hydrogens (tertiary/aromatic N) is 1. The lowest BCUT2D eigenvalue weighted by atomic mass is 10.2. The lowest BCUT2D eigenvalue weighted by Gasteiger charge is -2.15. The van der Waals surface area contributed by atoms with Crippen molar-refractivity contribution in [2.24, 2.45) is 0 Å². The number of rotatable bonds is 10. The zero-order valence-corrected chi connectivity index (χ0v) is 18.4. The maximum absolute atomic E-state index is 12.6. The Morgan fingerprint density at radius 3 is 2.07 bits per heavy atom. The van der Waals surface area contributed by atoms with Gasteiger partial charge in [-0.3, -0.25) is 0 Å². The van der Waals surface area contributed by atoms with Gasteiger partial charge in [-0.15, -0.1) is 0 Å². The van der Waals surface area contributed by atoms with Gasteiger partial charge < -0.3 is 9.47 Å². The van der Waals surface area contributed by atoms with Crippen LogP contribution in [0, 0.1) is 0 Å². The maximum atomic E-state index is 12.6. The topological polar surface area (TPSA) is 102 Å². The highest BCUT2D eigenvalue weighted by molar-refractivity contribution is 7.89. The van der Waals surface area contributed by atoms with Crippen molar-refractivity contribution >= 4 is 20.0 Å². The molecule has 1 aliphatic heterocycles. The molecule has 0 spiro atoms. The molecule has 1 aliphatic rings. The van der Waals surface area contributed by atoms with Gasteiger partial charge in [0.2, 0.25) is 20.0 Å². The van der Waals surface area contributed by atoms with Crippen molar-refractivity contribution in [1.82, 2.24) is 9.03 Å². The largest absolute Gasteiger partial charge is 0.491 e. The minimum atomic E-state index is -3.77. The van der Waals surface area contributed by atoms with E-state index in [1.165, 1.54) is 28.6 Å². The summed E-state index contributed by atoms with van der Waals surface area (Å²) in [6.45, 7) is 2.03. The highest BCUT2D eigenvalue weighted by atomic mass is 32.2. The molecule has 164 valence electrons. The average molecular weight is 455 g/mol. The summed E-state index contributed by atoms with van der Waals surface area (Å²) in [6.07, 6.45) is 1.69. The molecule has 1 heterocycles. The van der Waals surface area contributed by atoms with Crippen LogP contribution in [0.2, 0.25) is 0 Å². The molecule has 1 N–H and O–H groups in total. The summed E-state index contributed by atoms with van der Waals surface area (Å²) >= 11 is 0. The first-order valence-electron chi connectivity index (χ1n) is 9.63. The highest BCUT2D eigenvalue weighted by Crippen LogP contribution is 2.22. The van der Waals surface area contributed by atoms with E-state index in [0.717, 1.165) is 18.4 Å². The number of hydrogen-bond acceptors (Lipinski definition) is 6. The third-order valence-corrected chi connectivity index (χ3v) is 8.11. The molecule has 0 bridgehead atoms. The van der Waals surface area contributed by atoms with E-state index in [2.05, 4.69) is 4.72 Å². The van der Waals surface area contributed by atoms with E-state index in [1.54, 1.807) is 31.4 Å². The maximum Gasteiger partial charge on any atom is 0.243 e. The van der Waals surface area contributed by atoms with E-state index in [9.17, 15) is 16.8 Å². The van der Waals surface area contributed by atoms with Crippen molar-refractivity contribution < 1.29 is 26.3 Å². The van der Waals surface area contributed by atoms with Crippen LogP contribution < -0.4 is 9.46 Å². The molecule has 2 aromatic carbocycles. The molecule has 1 fully saturated rings. The Bertz CT molecular complexity index is 1030. The molecule has 2 aromatic rings. The minimum Gasteiger partial charge on any atom is -0.491 e. The Hall–Kier alpha value is -1.98. The van der Waals surface area contributed by atoms with Crippen molar-refractivity contribution in [3.63, 3.8) is 0 Å². The molecule has 0 aliphatic carbocycles. The predicted octanol–water partition coefficient (Wildman–Crippen LogP) is 1.97. The molecule has 0 unspecified atom stereocenters. The van der Waals surface area contributed by atoms with E-state index in [-0.39, 0.29) is 16.3 Å². The van der Waals surface area contributed by atoms with Crippen LogP contribution in [0.15, 0.2) is 58.3 Å². The number of methoxy groups -OCH3 is 1. The number of sulfonamides is 2. The lowest BCUT2D eigenvalue weighted by molar-refractivity contribution is 0.146. The van der Waals surface area contributed by atoms with Crippen molar-refractivity contribution in [2.75, 3.05) is 33.4 Å². The molecule has 0 amide bonds. The van der Waals surface area contributed by atoms with Crippen LogP contribution in [0.3, 0.4) is 0 Å². The van der Waals surface area contributed by atoms with Crippen LogP contribution in [0.5, 0.6) is 5.75 Å². The van der Waals surface area contributed by atoms with E-state index < -0.39 is 20.0 Å². The van der Waals surface area contributed by atoms with E-state index in [1.807, 2.05) is 0 Å². The summed E-state index contributed by atoms with van der Waals surface area (Å²) in [6, 6.07) is 12.4. The molecule has 10 heteroatoms. The third kappa shape index (κ3) is 5.58. The fourth-order valence-corrected chi connectivity index (χ4v) is 5.61. The smallest absolute Gasteiger partial charge is 0.243 e. The van der Waals surface area contributed by atoms with Crippen LogP contribution in [0.25, 0.3) is 0 Å². The summed E-state index contributed by atoms with van der Waals surface area (Å²) in [5, 5.41) is 0. The van der Waals surface area contributed by atoms with Gasteiger partial charge >= 0.3 is 0 Å². The minimum absolute atomic E-state index is 0.0161. The fraction of sp³-hybridized carbons (Fsp3) is 0.400. The zero-order chi connectivity index (χ0) is 21.6. The Morgan fingerprint density at radius 2 is 1.47 bits per heavy atom. The van der Waals surface area contributed by atoms with Gasteiger partial charge in [0.1, 0.15) is 12.4 Å². The number of nitrogens with one attached hydrogen (secondary N) is 1. The summed E-state index contributed by atoms with van der Waals surface area (Å²) in [5.74, 6) is 0.674. The Balaban J connectivity index is 1.61. The van der Waals surface area contributed by atoms with Crippen molar-refractivity contribution in [1.29, 1.82) is 0 Å². The summed E-state index contributed by atoms with van der Waals surface area (Å²) in [7, 11) is -5.75. The van der Waals surface area contributed by atoms with Gasteiger partial charge in [0, 0.05) is 26.7 Å². The number of benzene rings is 2. The van der Waals surface area contributed by atoms with Gasteiger partial charge in [0.15, 0.2) is 0 Å². The van der Waals surface area contributed by atoms with Crippen molar-refractivity contribution in [3.8, 4) is 5.75 Å². The summed E-state index contributed by atoms with van der Waals surface area (Å²) in [4.78, 5) is 0.120. The summed E-state index contributed by atoms with van der Waals surface area (Å²) < 4.78 is 64.6. The standard InChI is InChI=1S/C20H26N2O6S2/c1-27-14-15-28-18-6-4-17(5-7-18)16-21-29(23,24)19-8-10-20(11-9-19)30(25,26)22-12-2-3-13-22/h4-11,21H,2-3,12-16H2,1H3. The molecule has 0 radical (unpaired) electrons. The molecular formula is C20H26N2O6S2. The number of hydrogen-bond donors (Lipinski definition) is 1. The van der Waals surface area contributed by atoms with Crippen LogP contribution in [0.1, 0.15) is 18.4 Å². The van der Waals surface area contributed by atoms with Crippen molar-refractivity contribution in [3.05, 3.63) is 54.1 Å². The molecule has 0 atom stereocenters. The molecule has 1 saturated heterocycles.